The van der Waals surface area contributed by atoms with Crippen LogP contribution in [0.5, 0.6) is 5.75 Å². The molecule has 1 heterocycles. The lowest BCUT2D eigenvalue weighted by Crippen LogP contribution is -2.06. The van der Waals surface area contributed by atoms with Gasteiger partial charge >= 0.3 is 0 Å². The molecule has 0 aliphatic carbocycles. The highest BCUT2D eigenvalue weighted by molar-refractivity contribution is 5.81. The second-order valence-corrected chi connectivity index (χ2v) is 4.85. The second kappa shape index (κ2) is 6.53. The lowest BCUT2D eigenvalue weighted by molar-refractivity contribution is 0.310. The number of aryl methyl sites for hydroxylation is 1. The summed E-state index contributed by atoms with van der Waals surface area (Å²) in [4.78, 5) is 4.67. The maximum absolute atomic E-state index is 5.72. The summed E-state index contributed by atoms with van der Waals surface area (Å²) in [6, 6.07) is 8.25. The Balaban J connectivity index is 2.25. The fourth-order valence-corrected chi connectivity index (χ4v) is 2.11. The number of hydrogen-bond donors (Lipinski definition) is 1. The third-order valence-corrected chi connectivity index (χ3v) is 3.23. The number of unbranched alkanes of at least 4 members (excludes halogenated alkanes) is 1. The predicted octanol–water partition coefficient (Wildman–Crippen LogP) is 3.22. The number of benzene rings is 1. The summed E-state index contributed by atoms with van der Waals surface area (Å²) < 4.78 is 5.72. The Kier molecular flexibility index (Phi) is 4.74. The normalized spacial score (nSPS) is 10.9. The van der Waals surface area contributed by atoms with Crippen LogP contribution in [0.4, 0.5) is 0 Å². The third kappa shape index (κ3) is 3.44. The highest BCUT2D eigenvalue weighted by Gasteiger charge is 2.04. The summed E-state index contributed by atoms with van der Waals surface area (Å²) in [5, 5.41) is 1.13. The number of nitrogens with zero attached hydrogens (tertiary/aromatic N) is 1. The van der Waals surface area contributed by atoms with Gasteiger partial charge in [-0.05, 0) is 49.7 Å². The molecule has 0 bridgehead atoms. The van der Waals surface area contributed by atoms with Crippen molar-refractivity contribution in [3.63, 3.8) is 0 Å². The fraction of sp³-hybridized carbons (Fsp3) is 0.438. The molecule has 0 aliphatic heterocycles. The minimum Gasteiger partial charge on any atom is -0.494 e. The average Bonchev–Trinajstić information content (AvgIpc) is 2.40. The highest BCUT2D eigenvalue weighted by atomic mass is 16.5. The molecule has 0 unspecified atom stereocenters. The van der Waals surface area contributed by atoms with E-state index < -0.39 is 0 Å². The Bertz CT molecular complexity index is 552. The molecule has 1 aromatic carbocycles. The quantitative estimate of drug-likeness (QED) is 0.809. The van der Waals surface area contributed by atoms with E-state index in [1.165, 1.54) is 5.56 Å². The van der Waals surface area contributed by atoms with Crippen LogP contribution < -0.4 is 10.5 Å². The Hall–Kier alpha value is -1.61. The average molecular weight is 258 g/mol. The van der Waals surface area contributed by atoms with Crippen molar-refractivity contribution < 1.29 is 4.74 Å². The number of fused-ring (bicyclic) bond motifs is 1. The Labute approximate surface area is 114 Å². The largest absolute Gasteiger partial charge is 0.494 e. The first-order chi connectivity index (χ1) is 9.24. The highest BCUT2D eigenvalue weighted by Crippen LogP contribution is 2.22. The molecule has 0 saturated heterocycles. The summed E-state index contributed by atoms with van der Waals surface area (Å²) in [7, 11) is 0. The molecule has 3 heteroatoms. The number of pyridine rings is 1. The van der Waals surface area contributed by atoms with Gasteiger partial charge in [0.1, 0.15) is 5.75 Å². The molecule has 0 atom stereocenters. The van der Waals surface area contributed by atoms with Crippen LogP contribution >= 0.6 is 0 Å². The molecular weight excluding hydrogens is 236 g/mol. The van der Waals surface area contributed by atoms with Crippen molar-refractivity contribution in [3.8, 4) is 5.75 Å². The van der Waals surface area contributed by atoms with Gasteiger partial charge in [0.2, 0.25) is 0 Å². The number of aromatic nitrogens is 1. The zero-order valence-corrected chi connectivity index (χ0v) is 11.8. The van der Waals surface area contributed by atoms with Gasteiger partial charge in [-0.2, -0.15) is 0 Å². The standard InChI is InChI=1S/C16H22N2O/c1-3-4-9-19-14-5-6-16-13(11-14)10-12(2)15(18-16)7-8-17/h5-6,10-11H,3-4,7-9,17H2,1-2H3. The maximum Gasteiger partial charge on any atom is 0.120 e. The van der Waals surface area contributed by atoms with Crippen LogP contribution in [0.1, 0.15) is 31.0 Å². The van der Waals surface area contributed by atoms with E-state index in [0.717, 1.165) is 48.2 Å². The van der Waals surface area contributed by atoms with E-state index in [9.17, 15) is 0 Å². The molecule has 19 heavy (non-hydrogen) atoms. The van der Waals surface area contributed by atoms with Crippen molar-refractivity contribution in [3.05, 3.63) is 35.5 Å². The lowest BCUT2D eigenvalue weighted by Gasteiger charge is -2.09. The van der Waals surface area contributed by atoms with E-state index in [1.807, 2.05) is 12.1 Å². The molecule has 0 fully saturated rings. The first-order valence-electron chi connectivity index (χ1n) is 6.97. The van der Waals surface area contributed by atoms with E-state index in [2.05, 4.69) is 31.0 Å². The minimum absolute atomic E-state index is 0.636. The zero-order valence-electron chi connectivity index (χ0n) is 11.8. The Morgan fingerprint density at radius 3 is 2.84 bits per heavy atom. The number of ether oxygens (including phenoxy) is 1. The molecule has 2 aromatic rings. The third-order valence-electron chi connectivity index (χ3n) is 3.23. The van der Waals surface area contributed by atoms with Crippen molar-refractivity contribution in [1.82, 2.24) is 4.98 Å². The van der Waals surface area contributed by atoms with Crippen LogP contribution in [0.3, 0.4) is 0 Å². The molecule has 3 nitrogen and oxygen atoms in total. The van der Waals surface area contributed by atoms with Gasteiger partial charge < -0.3 is 10.5 Å². The first-order valence-corrected chi connectivity index (χ1v) is 6.97. The predicted molar refractivity (Wildman–Crippen MR) is 79.6 cm³/mol. The van der Waals surface area contributed by atoms with Gasteiger partial charge in [-0.1, -0.05) is 13.3 Å². The smallest absolute Gasteiger partial charge is 0.120 e. The van der Waals surface area contributed by atoms with Gasteiger partial charge in [0.05, 0.1) is 12.1 Å². The van der Waals surface area contributed by atoms with Crippen LogP contribution in [0.25, 0.3) is 10.9 Å². The summed E-state index contributed by atoms with van der Waals surface area (Å²) >= 11 is 0. The van der Waals surface area contributed by atoms with E-state index in [-0.39, 0.29) is 0 Å². The van der Waals surface area contributed by atoms with Gasteiger partial charge in [-0.15, -0.1) is 0 Å². The zero-order chi connectivity index (χ0) is 13.7. The van der Waals surface area contributed by atoms with Gasteiger partial charge in [0, 0.05) is 17.5 Å². The maximum atomic E-state index is 5.72. The Morgan fingerprint density at radius 2 is 2.11 bits per heavy atom. The van der Waals surface area contributed by atoms with E-state index >= 15 is 0 Å². The van der Waals surface area contributed by atoms with Crippen LogP contribution in [0, 0.1) is 6.92 Å². The van der Waals surface area contributed by atoms with Crippen LogP contribution in [0.15, 0.2) is 24.3 Å². The van der Waals surface area contributed by atoms with Crippen molar-refractivity contribution in [1.29, 1.82) is 0 Å². The van der Waals surface area contributed by atoms with Crippen molar-refractivity contribution in [2.45, 2.75) is 33.1 Å². The van der Waals surface area contributed by atoms with Crippen molar-refractivity contribution in [2.75, 3.05) is 13.2 Å². The van der Waals surface area contributed by atoms with Gasteiger partial charge in [0.25, 0.3) is 0 Å². The Morgan fingerprint density at radius 1 is 1.26 bits per heavy atom. The molecule has 1 aromatic heterocycles. The first kappa shape index (κ1) is 13.8. The molecule has 0 spiro atoms. The fourth-order valence-electron chi connectivity index (χ4n) is 2.11. The molecule has 0 saturated carbocycles. The molecule has 0 aliphatic rings. The summed E-state index contributed by atoms with van der Waals surface area (Å²) in [6.07, 6.45) is 3.07. The molecule has 2 rings (SSSR count). The lowest BCUT2D eigenvalue weighted by atomic mass is 10.1. The monoisotopic (exact) mass is 258 g/mol. The van der Waals surface area contributed by atoms with Crippen LogP contribution in [-0.4, -0.2) is 18.1 Å². The number of nitrogens with two attached hydrogens (primary N) is 1. The van der Waals surface area contributed by atoms with Crippen molar-refractivity contribution in [2.24, 2.45) is 5.73 Å². The molecular formula is C16H22N2O. The molecule has 0 amide bonds. The van der Waals surface area contributed by atoms with Crippen LogP contribution in [-0.2, 0) is 6.42 Å². The van der Waals surface area contributed by atoms with Crippen molar-refractivity contribution >= 4 is 10.9 Å². The minimum atomic E-state index is 0.636. The van der Waals surface area contributed by atoms with Gasteiger partial charge in [-0.3, -0.25) is 4.98 Å². The topological polar surface area (TPSA) is 48.1 Å². The molecule has 2 N–H and O–H groups in total. The number of rotatable bonds is 6. The summed E-state index contributed by atoms with van der Waals surface area (Å²) in [5.41, 5.74) is 8.91. The van der Waals surface area contributed by atoms with Gasteiger partial charge in [0.15, 0.2) is 0 Å². The molecule has 0 radical (unpaired) electrons. The van der Waals surface area contributed by atoms with E-state index in [1.54, 1.807) is 0 Å². The SMILES string of the molecule is CCCCOc1ccc2nc(CCN)c(C)cc2c1. The molecule has 102 valence electrons. The number of hydrogen-bond acceptors (Lipinski definition) is 3. The second-order valence-electron chi connectivity index (χ2n) is 4.85. The van der Waals surface area contributed by atoms with E-state index in [4.69, 9.17) is 10.5 Å². The summed E-state index contributed by atoms with van der Waals surface area (Å²) in [6.45, 7) is 5.66. The summed E-state index contributed by atoms with van der Waals surface area (Å²) in [5.74, 6) is 0.925. The van der Waals surface area contributed by atoms with Gasteiger partial charge in [-0.25, -0.2) is 0 Å². The van der Waals surface area contributed by atoms with E-state index in [0.29, 0.717) is 6.54 Å². The van der Waals surface area contributed by atoms with Crippen LogP contribution in [0.2, 0.25) is 0 Å².